The zero-order valence-corrected chi connectivity index (χ0v) is 13.9. The summed E-state index contributed by atoms with van der Waals surface area (Å²) in [7, 11) is 1.61. The van der Waals surface area contributed by atoms with Crippen molar-refractivity contribution in [3.63, 3.8) is 0 Å². The van der Waals surface area contributed by atoms with Crippen molar-refractivity contribution in [2.24, 2.45) is 0 Å². The van der Waals surface area contributed by atoms with Crippen molar-refractivity contribution in [2.75, 3.05) is 25.1 Å². The molecule has 3 aromatic rings. The number of benzene rings is 1. The number of nitrogens with one attached hydrogen (secondary N) is 1. The van der Waals surface area contributed by atoms with Gasteiger partial charge in [0.05, 0.1) is 13.3 Å². The number of hydrogen-bond acceptors (Lipinski definition) is 5. The largest absolute Gasteiger partial charge is 0.497 e. The molecule has 1 aromatic carbocycles. The van der Waals surface area contributed by atoms with E-state index in [0.717, 1.165) is 36.7 Å². The molecule has 7 heteroatoms. The van der Waals surface area contributed by atoms with Crippen molar-refractivity contribution < 1.29 is 9.53 Å². The Balaban J connectivity index is 1.43. The zero-order valence-electron chi connectivity index (χ0n) is 13.9. The normalized spacial score (nSPS) is 17.0. The fourth-order valence-electron chi connectivity index (χ4n) is 3.16. The van der Waals surface area contributed by atoms with Crippen molar-refractivity contribution in [1.29, 1.82) is 0 Å². The van der Waals surface area contributed by atoms with E-state index in [9.17, 15) is 4.79 Å². The highest BCUT2D eigenvalue weighted by molar-refractivity contribution is 5.94. The maximum Gasteiger partial charge on any atom is 0.251 e. The van der Waals surface area contributed by atoms with Gasteiger partial charge in [-0.15, -0.1) is 0 Å². The van der Waals surface area contributed by atoms with Gasteiger partial charge < -0.3 is 15.0 Å². The third kappa shape index (κ3) is 3.00. The fourth-order valence-corrected chi connectivity index (χ4v) is 3.16. The van der Waals surface area contributed by atoms with Crippen LogP contribution in [0, 0.1) is 0 Å². The Bertz CT molecular complexity index is 890. The van der Waals surface area contributed by atoms with Gasteiger partial charge in [0.15, 0.2) is 5.65 Å². The fraction of sp³-hybridized carbons (Fsp3) is 0.278. The number of anilines is 1. The first-order chi connectivity index (χ1) is 12.2. The highest BCUT2D eigenvalue weighted by Gasteiger charge is 2.26. The van der Waals surface area contributed by atoms with Gasteiger partial charge in [-0.25, -0.2) is 4.98 Å². The molecule has 3 heterocycles. The monoisotopic (exact) mass is 337 g/mol. The summed E-state index contributed by atoms with van der Waals surface area (Å²) in [5, 5.41) is 7.43. The molecule has 1 aliphatic rings. The summed E-state index contributed by atoms with van der Waals surface area (Å²) in [5.74, 6) is 1.68. The van der Waals surface area contributed by atoms with Crippen LogP contribution in [-0.2, 0) is 0 Å². The van der Waals surface area contributed by atoms with Crippen molar-refractivity contribution >= 4 is 17.4 Å². The van der Waals surface area contributed by atoms with Gasteiger partial charge in [-0.2, -0.15) is 9.61 Å². The van der Waals surface area contributed by atoms with E-state index in [1.807, 2.05) is 16.6 Å². The lowest BCUT2D eigenvalue weighted by atomic mass is 10.2. The minimum Gasteiger partial charge on any atom is -0.497 e. The Morgan fingerprint density at radius 1 is 1.20 bits per heavy atom. The van der Waals surface area contributed by atoms with Gasteiger partial charge in [0.2, 0.25) is 0 Å². The van der Waals surface area contributed by atoms with Crippen molar-refractivity contribution in [3.05, 3.63) is 54.4 Å². The Labute approximate surface area is 145 Å². The molecule has 1 unspecified atom stereocenters. The minimum absolute atomic E-state index is 0.0616. The molecule has 0 saturated carbocycles. The van der Waals surface area contributed by atoms with Crippen LogP contribution < -0.4 is 15.0 Å². The molecule has 2 aromatic heterocycles. The van der Waals surface area contributed by atoms with E-state index in [1.54, 1.807) is 43.8 Å². The Morgan fingerprint density at radius 2 is 2.04 bits per heavy atom. The van der Waals surface area contributed by atoms with Gasteiger partial charge in [0, 0.05) is 37.0 Å². The van der Waals surface area contributed by atoms with Crippen LogP contribution in [0.1, 0.15) is 16.8 Å². The lowest BCUT2D eigenvalue weighted by Gasteiger charge is -2.19. The lowest BCUT2D eigenvalue weighted by molar-refractivity contribution is 0.0940. The molecule has 1 aliphatic heterocycles. The number of carbonyl (C=O) groups is 1. The summed E-state index contributed by atoms with van der Waals surface area (Å²) >= 11 is 0. The summed E-state index contributed by atoms with van der Waals surface area (Å²) in [6.45, 7) is 1.62. The van der Waals surface area contributed by atoms with Crippen molar-refractivity contribution in [2.45, 2.75) is 12.5 Å². The molecular weight excluding hydrogens is 318 g/mol. The number of amides is 1. The number of hydrogen-bond donors (Lipinski definition) is 1. The van der Waals surface area contributed by atoms with Crippen LogP contribution >= 0.6 is 0 Å². The van der Waals surface area contributed by atoms with Crippen LogP contribution in [0.4, 0.5) is 5.82 Å². The smallest absolute Gasteiger partial charge is 0.251 e. The first kappa shape index (κ1) is 15.4. The molecule has 0 radical (unpaired) electrons. The van der Waals surface area contributed by atoms with Gasteiger partial charge >= 0.3 is 0 Å². The van der Waals surface area contributed by atoms with Gasteiger partial charge in [-0.1, -0.05) is 0 Å². The molecule has 7 nitrogen and oxygen atoms in total. The second-order valence-corrected chi connectivity index (χ2v) is 6.04. The third-order valence-corrected chi connectivity index (χ3v) is 4.47. The van der Waals surface area contributed by atoms with Crippen molar-refractivity contribution in [3.8, 4) is 5.75 Å². The molecule has 4 rings (SSSR count). The van der Waals surface area contributed by atoms with Crippen molar-refractivity contribution in [1.82, 2.24) is 19.9 Å². The minimum atomic E-state index is -0.0616. The van der Waals surface area contributed by atoms with E-state index in [4.69, 9.17) is 4.74 Å². The standard InChI is InChI=1S/C18H19N5O2/c1-25-15-4-2-13(3-5-15)18(24)21-14-8-11-22(12-14)17-7-9-19-16-6-10-20-23(16)17/h2-7,9-10,14H,8,11-12H2,1H3,(H,21,24). The molecular formula is C18H19N5O2. The molecule has 1 fully saturated rings. The number of aromatic nitrogens is 3. The average Bonchev–Trinajstić information content (AvgIpc) is 3.30. The second kappa shape index (κ2) is 6.43. The van der Waals surface area contributed by atoms with Crippen LogP contribution in [0.15, 0.2) is 48.8 Å². The Hall–Kier alpha value is -3.09. The maximum absolute atomic E-state index is 12.4. The highest BCUT2D eigenvalue weighted by Crippen LogP contribution is 2.21. The predicted molar refractivity (Wildman–Crippen MR) is 94.1 cm³/mol. The van der Waals surface area contributed by atoms with E-state index in [2.05, 4.69) is 20.3 Å². The van der Waals surface area contributed by atoms with Crippen LogP contribution in [-0.4, -0.2) is 46.7 Å². The number of ether oxygens (including phenoxy) is 1. The van der Waals surface area contributed by atoms with Crippen LogP contribution in [0.25, 0.3) is 5.65 Å². The molecule has 25 heavy (non-hydrogen) atoms. The van der Waals surface area contributed by atoms with Crippen LogP contribution in [0.5, 0.6) is 5.75 Å². The van der Waals surface area contributed by atoms with E-state index >= 15 is 0 Å². The SMILES string of the molecule is COc1ccc(C(=O)NC2CCN(c3ccnc4ccnn34)C2)cc1. The summed E-state index contributed by atoms with van der Waals surface area (Å²) in [6, 6.07) is 11.1. The quantitative estimate of drug-likeness (QED) is 0.785. The number of nitrogens with zero attached hydrogens (tertiary/aromatic N) is 4. The predicted octanol–water partition coefficient (Wildman–Crippen LogP) is 1.75. The molecule has 0 spiro atoms. The molecule has 0 bridgehead atoms. The molecule has 1 N–H and O–H groups in total. The van der Waals surface area contributed by atoms with Gasteiger partial charge in [-0.3, -0.25) is 4.79 Å². The molecule has 1 saturated heterocycles. The van der Waals surface area contributed by atoms with E-state index in [-0.39, 0.29) is 11.9 Å². The number of fused-ring (bicyclic) bond motifs is 1. The van der Waals surface area contributed by atoms with E-state index < -0.39 is 0 Å². The highest BCUT2D eigenvalue weighted by atomic mass is 16.5. The van der Waals surface area contributed by atoms with E-state index in [1.165, 1.54) is 0 Å². The van der Waals surface area contributed by atoms with Crippen LogP contribution in [0.3, 0.4) is 0 Å². The second-order valence-electron chi connectivity index (χ2n) is 6.04. The van der Waals surface area contributed by atoms with Crippen LogP contribution in [0.2, 0.25) is 0 Å². The summed E-state index contributed by atoms with van der Waals surface area (Å²) < 4.78 is 6.95. The number of methoxy groups -OCH3 is 1. The topological polar surface area (TPSA) is 71.8 Å². The Kier molecular flexibility index (Phi) is 3.97. The summed E-state index contributed by atoms with van der Waals surface area (Å²) in [5.41, 5.74) is 1.46. The average molecular weight is 337 g/mol. The number of carbonyl (C=O) groups excluding carboxylic acids is 1. The summed E-state index contributed by atoms with van der Waals surface area (Å²) in [4.78, 5) is 18.9. The molecule has 0 aliphatic carbocycles. The van der Waals surface area contributed by atoms with Gasteiger partial charge in [-0.05, 0) is 36.8 Å². The molecule has 128 valence electrons. The number of rotatable bonds is 4. The Morgan fingerprint density at radius 3 is 2.84 bits per heavy atom. The first-order valence-corrected chi connectivity index (χ1v) is 8.23. The lowest BCUT2D eigenvalue weighted by Crippen LogP contribution is -2.37. The third-order valence-electron chi connectivity index (χ3n) is 4.47. The molecule has 1 amide bonds. The first-order valence-electron chi connectivity index (χ1n) is 8.23. The maximum atomic E-state index is 12.4. The summed E-state index contributed by atoms with van der Waals surface area (Å²) in [6.07, 6.45) is 4.42. The zero-order chi connectivity index (χ0) is 17.2. The van der Waals surface area contributed by atoms with Gasteiger partial charge in [0.25, 0.3) is 5.91 Å². The molecule has 1 atom stereocenters. The van der Waals surface area contributed by atoms with Gasteiger partial charge in [0.1, 0.15) is 11.6 Å². The van der Waals surface area contributed by atoms with E-state index in [0.29, 0.717) is 5.56 Å².